The van der Waals surface area contributed by atoms with Gasteiger partial charge in [-0.3, -0.25) is 14.8 Å². The number of benzene rings is 1. The Morgan fingerprint density at radius 2 is 1.76 bits per heavy atom. The number of anilines is 1. The van der Waals surface area contributed by atoms with E-state index in [-0.39, 0.29) is 27.5 Å². The second-order valence-electron chi connectivity index (χ2n) is 4.59. The molecule has 1 aromatic carbocycles. The maximum atomic E-state index is 12.4. The smallest absolute Gasteiger partial charge is 0.270 e. The zero-order valence-corrected chi connectivity index (χ0v) is 12.4. The molecular weight excluding hydrogens is 298 g/mol. The van der Waals surface area contributed by atoms with Gasteiger partial charge in [-0.2, -0.15) is 0 Å². The van der Waals surface area contributed by atoms with Crippen molar-refractivity contribution in [3.63, 3.8) is 0 Å². The van der Waals surface area contributed by atoms with Gasteiger partial charge in [0.1, 0.15) is 5.76 Å². The van der Waals surface area contributed by atoms with Crippen molar-refractivity contribution in [3.05, 3.63) is 45.2 Å². The predicted octanol–water partition coefficient (Wildman–Crippen LogP) is 2.31. The fourth-order valence-electron chi connectivity index (χ4n) is 2.06. The van der Waals surface area contributed by atoms with Crippen LogP contribution in [0.2, 0.25) is 0 Å². The van der Waals surface area contributed by atoms with Crippen LogP contribution in [0.3, 0.4) is 0 Å². The molecule has 0 fully saturated rings. The van der Waals surface area contributed by atoms with Crippen LogP contribution in [0, 0.1) is 30.9 Å². The number of aryl methyl sites for hydroxylation is 3. The Morgan fingerprint density at radius 3 is 2.19 bits per heavy atom. The van der Waals surface area contributed by atoms with E-state index in [9.17, 15) is 18.5 Å². The number of sulfonamides is 1. The fourth-order valence-corrected chi connectivity index (χ4v) is 3.50. The van der Waals surface area contributed by atoms with E-state index in [0.717, 1.165) is 0 Å². The summed E-state index contributed by atoms with van der Waals surface area (Å²) in [5.74, 6) is 0.523. The summed E-state index contributed by atoms with van der Waals surface area (Å²) in [6.45, 7) is 4.64. The molecule has 0 spiro atoms. The van der Waals surface area contributed by atoms with E-state index in [1.54, 1.807) is 6.92 Å². The van der Waals surface area contributed by atoms with Crippen LogP contribution in [0.4, 0.5) is 11.5 Å². The fraction of sp³-hybridized carbons (Fsp3) is 0.250. The van der Waals surface area contributed by atoms with Gasteiger partial charge in [0.15, 0.2) is 5.82 Å². The minimum atomic E-state index is -3.90. The van der Waals surface area contributed by atoms with Gasteiger partial charge in [0.25, 0.3) is 15.7 Å². The normalized spacial score (nSPS) is 11.4. The summed E-state index contributed by atoms with van der Waals surface area (Å²) >= 11 is 0. The SMILES string of the molecule is Cc1cc(NS(=O)(=O)c2c(C)cc([N+](=O)[O-])cc2C)no1. The minimum Gasteiger partial charge on any atom is -0.360 e. The number of nitrogens with one attached hydrogen (secondary N) is 1. The van der Waals surface area contributed by atoms with Crippen molar-refractivity contribution in [1.82, 2.24) is 5.16 Å². The maximum Gasteiger partial charge on any atom is 0.270 e. The van der Waals surface area contributed by atoms with Gasteiger partial charge in [-0.25, -0.2) is 8.42 Å². The molecule has 1 aromatic heterocycles. The predicted molar refractivity (Wildman–Crippen MR) is 74.6 cm³/mol. The van der Waals surface area contributed by atoms with Crippen molar-refractivity contribution in [2.45, 2.75) is 25.7 Å². The van der Waals surface area contributed by atoms with Crippen LogP contribution in [0.25, 0.3) is 0 Å². The lowest BCUT2D eigenvalue weighted by molar-refractivity contribution is -0.385. The quantitative estimate of drug-likeness (QED) is 0.684. The molecule has 0 atom stereocenters. The number of nitro benzene ring substituents is 1. The highest BCUT2D eigenvalue weighted by Crippen LogP contribution is 2.27. The number of nitro groups is 1. The number of nitrogens with zero attached hydrogens (tertiary/aromatic N) is 2. The Bertz CT molecular complexity index is 787. The van der Waals surface area contributed by atoms with Crippen LogP contribution in [0.1, 0.15) is 16.9 Å². The molecule has 0 bridgehead atoms. The molecule has 0 aliphatic heterocycles. The third-order valence-electron chi connectivity index (χ3n) is 2.79. The summed E-state index contributed by atoms with van der Waals surface area (Å²) in [4.78, 5) is 10.2. The molecule has 0 saturated carbocycles. The van der Waals surface area contributed by atoms with E-state index in [1.165, 1.54) is 32.0 Å². The first kappa shape index (κ1) is 15.0. The molecule has 0 aliphatic rings. The largest absolute Gasteiger partial charge is 0.360 e. The van der Waals surface area contributed by atoms with Crippen LogP contribution in [0.5, 0.6) is 0 Å². The summed E-state index contributed by atoms with van der Waals surface area (Å²) in [6.07, 6.45) is 0. The standard InChI is InChI=1S/C12H13N3O5S/c1-7-4-10(15(16)17)5-8(2)12(7)21(18,19)14-11-6-9(3)20-13-11/h4-6H,1-3H3,(H,13,14). The number of hydrogen-bond acceptors (Lipinski definition) is 6. The maximum absolute atomic E-state index is 12.4. The lowest BCUT2D eigenvalue weighted by atomic mass is 10.1. The Kier molecular flexibility index (Phi) is 3.69. The van der Waals surface area contributed by atoms with E-state index in [0.29, 0.717) is 5.76 Å². The van der Waals surface area contributed by atoms with E-state index in [2.05, 4.69) is 9.88 Å². The highest BCUT2D eigenvalue weighted by atomic mass is 32.2. The molecule has 21 heavy (non-hydrogen) atoms. The number of hydrogen-bond donors (Lipinski definition) is 1. The molecule has 0 saturated heterocycles. The van der Waals surface area contributed by atoms with Crippen LogP contribution in [-0.4, -0.2) is 18.5 Å². The van der Waals surface area contributed by atoms with Gasteiger partial charge in [-0.05, 0) is 31.9 Å². The zero-order valence-electron chi connectivity index (χ0n) is 11.6. The second-order valence-corrected chi connectivity index (χ2v) is 6.21. The van der Waals surface area contributed by atoms with Gasteiger partial charge in [0, 0.05) is 18.2 Å². The van der Waals surface area contributed by atoms with Gasteiger partial charge < -0.3 is 4.52 Å². The topological polar surface area (TPSA) is 115 Å². The Morgan fingerprint density at radius 1 is 1.19 bits per heavy atom. The van der Waals surface area contributed by atoms with E-state index < -0.39 is 14.9 Å². The molecule has 2 rings (SSSR count). The Balaban J connectivity index is 2.47. The average Bonchev–Trinajstić information content (AvgIpc) is 2.72. The Hall–Kier alpha value is -2.42. The number of non-ortho nitro benzene ring substituents is 1. The molecule has 0 radical (unpaired) electrons. The molecule has 9 heteroatoms. The van der Waals surface area contributed by atoms with Crippen molar-refractivity contribution < 1.29 is 17.9 Å². The summed E-state index contributed by atoms with van der Waals surface area (Å²) in [6, 6.07) is 3.87. The summed E-state index contributed by atoms with van der Waals surface area (Å²) in [5.41, 5.74) is 0.421. The lowest BCUT2D eigenvalue weighted by Gasteiger charge is -2.11. The van der Waals surface area contributed by atoms with Crippen molar-refractivity contribution >= 4 is 21.5 Å². The highest BCUT2D eigenvalue weighted by molar-refractivity contribution is 7.92. The molecule has 1 heterocycles. The van der Waals surface area contributed by atoms with Gasteiger partial charge in [0.2, 0.25) is 0 Å². The third-order valence-corrected chi connectivity index (χ3v) is 4.45. The monoisotopic (exact) mass is 311 g/mol. The van der Waals surface area contributed by atoms with Gasteiger partial charge in [-0.1, -0.05) is 5.16 Å². The van der Waals surface area contributed by atoms with E-state index in [1.807, 2.05) is 0 Å². The second kappa shape index (κ2) is 5.17. The average molecular weight is 311 g/mol. The van der Waals surface area contributed by atoms with Gasteiger partial charge >= 0.3 is 0 Å². The molecule has 2 aromatic rings. The summed E-state index contributed by atoms with van der Waals surface area (Å²) < 4.78 is 31.8. The first-order chi connectivity index (χ1) is 9.70. The summed E-state index contributed by atoms with van der Waals surface area (Å²) in [7, 11) is -3.90. The minimum absolute atomic E-state index is 0.00578. The van der Waals surface area contributed by atoms with Gasteiger partial charge in [0.05, 0.1) is 9.82 Å². The molecule has 8 nitrogen and oxygen atoms in total. The summed E-state index contributed by atoms with van der Waals surface area (Å²) in [5, 5.41) is 14.3. The van der Waals surface area contributed by atoms with Crippen molar-refractivity contribution in [1.29, 1.82) is 0 Å². The van der Waals surface area contributed by atoms with Crippen LogP contribution in [0.15, 0.2) is 27.6 Å². The van der Waals surface area contributed by atoms with E-state index in [4.69, 9.17) is 4.52 Å². The van der Waals surface area contributed by atoms with Crippen molar-refractivity contribution in [3.8, 4) is 0 Å². The third kappa shape index (κ3) is 3.02. The lowest BCUT2D eigenvalue weighted by Crippen LogP contribution is -2.16. The Labute approximate surface area is 121 Å². The molecule has 0 aliphatic carbocycles. The van der Waals surface area contributed by atoms with E-state index >= 15 is 0 Å². The molecule has 1 N–H and O–H groups in total. The van der Waals surface area contributed by atoms with Crippen molar-refractivity contribution in [2.75, 3.05) is 4.72 Å². The highest BCUT2D eigenvalue weighted by Gasteiger charge is 2.23. The zero-order chi connectivity index (χ0) is 15.8. The molecule has 112 valence electrons. The van der Waals surface area contributed by atoms with Crippen LogP contribution >= 0.6 is 0 Å². The van der Waals surface area contributed by atoms with Crippen LogP contribution < -0.4 is 4.72 Å². The van der Waals surface area contributed by atoms with Gasteiger partial charge in [-0.15, -0.1) is 0 Å². The molecular formula is C12H13N3O5S. The molecule has 0 amide bonds. The van der Waals surface area contributed by atoms with Crippen molar-refractivity contribution in [2.24, 2.45) is 0 Å². The number of aromatic nitrogens is 1. The first-order valence-electron chi connectivity index (χ1n) is 5.92. The first-order valence-corrected chi connectivity index (χ1v) is 7.41. The van der Waals surface area contributed by atoms with Crippen LogP contribution in [-0.2, 0) is 10.0 Å². The molecule has 0 unspecified atom stereocenters. The number of rotatable bonds is 4.